The molecule has 5 nitrogen and oxygen atoms in total. The summed E-state index contributed by atoms with van der Waals surface area (Å²) < 4.78 is 18.5. The molecule has 0 radical (unpaired) electrons. The summed E-state index contributed by atoms with van der Waals surface area (Å²) in [5.41, 5.74) is -0.205. The van der Waals surface area contributed by atoms with Crippen LogP contribution in [0.1, 0.15) is 23.2 Å². The first kappa shape index (κ1) is 12.5. The molecule has 1 fully saturated rings. The van der Waals surface area contributed by atoms with Crippen LogP contribution in [0.2, 0.25) is 0 Å². The summed E-state index contributed by atoms with van der Waals surface area (Å²) in [6.07, 6.45) is 0.957. The molecule has 18 heavy (non-hydrogen) atoms. The highest BCUT2D eigenvalue weighted by Crippen LogP contribution is 2.17. The lowest BCUT2D eigenvalue weighted by molar-refractivity contribution is -0.124. The number of hydrogen-bond donors (Lipinski definition) is 2. The summed E-state index contributed by atoms with van der Waals surface area (Å²) in [6.45, 7) is 0.546. The molecule has 0 bridgehead atoms. The molecule has 0 aliphatic carbocycles. The third-order valence-electron chi connectivity index (χ3n) is 2.69. The van der Waals surface area contributed by atoms with E-state index in [9.17, 15) is 14.0 Å². The number of amides is 1. The largest absolute Gasteiger partial charge is 0.478 e. The molecule has 0 unspecified atom stereocenters. The Morgan fingerprint density at radius 1 is 1.44 bits per heavy atom. The Morgan fingerprint density at radius 3 is 2.78 bits per heavy atom. The van der Waals surface area contributed by atoms with Crippen LogP contribution in [-0.2, 0) is 9.53 Å². The zero-order chi connectivity index (χ0) is 13.1. The molecule has 1 heterocycles. The minimum absolute atomic E-state index is 0.220. The van der Waals surface area contributed by atoms with Gasteiger partial charge in [0.2, 0.25) is 0 Å². The van der Waals surface area contributed by atoms with Gasteiger partial charge in [0.05, 0.1) is 5.56 Å². The molecule has 96 valence electrons. The number of carboxylic acids is 1. The Kier molecular flexibility index (Phi) is 3.57. The van der Waals surface area contributed by atoms with Crippen LogP contribution in [-0.4, -0.2) is 29.7 Å². The lowest BCUT2D eigenvalue weighted by Crippen LogP contribution is -2.26. The number of carbonyl (C=O) groups is 2. The monoisotopic (exact) mass is 253 g/mol. The third-order valence-corrected chi connectivity index (χ3v) is 2.69. The van der Waals surface area contributed by atoms with Gasteiger partial charge in [-0.05, 0) is 31.0 Å². The second-order valence-corrected chi connectivity index (χ2v) is 3.99. The van der Waals surface area contributed by atoms with Crippen LogP contribution in [0.15, 0.2) is 18.2 Å². The highest BCUT2D eigenvalue weighted by Gasteiger charge is 2.23. The van der Waals surface area contributed by atoms with E-state index in [-0.39, 0.29) is 11.6 Å². The molecular weight excluding hydrogens is 241 g/mol. The van der Waals surface area contributed by atoms with Gasteiger partial charge < -0.3 is 15.2 Å². The summed E-state index contributed by atoms with van der Waals surface area (Å²) >= 11 is 0. The maximum Gasteiger partial charge on any atom is 0.338 e. The van der Waals surface area contributed by atoms with Crippen LogP contribution >= 0.6 is 0 Å². The molecule has 2 N–H and O–H groups in total. The molecule has 0 aromatic heterocycles. The van der Waals surface area contributed by atoms with E-state index < -0.39 is 23.5 Å². The van der Waals surface area contributed by atoms with Gasteiger partial charge in [-0.25, -0.2) is 9.18 Å². The Bertz CT molecular complexity index is 483. The number of hydrogen-bond acceptors (Lipinski definition) is 3. The Hall–Kier alpha value is -1.95. The average Bonchev–Trinajstić information content (AvgIpc) is 2.81. The minimum Gasteiger partial charge on any atom is -0.478 e. The predicted octanol–water partition coefficient (Wildman–Crippen LogP) is 1.64. The quantitative estimate of drug-likeness (QED) is 0.858. The molecule has 1 aromatic rings. The normalized spacial score (nSPS) is 18.6. The van der Waals surface area contributed by atoms with Gasteiger partial charge in [-0.15, -0.1) is 0 Å². The Balaban J connectivity index is 2.07. The number of aromatic carboxylic acids is 1. The van der Waals surface area contributed by atoms with Crippen molar-refractivity contribution in [3.63, 3.8) is 0 Å². The SMILES string of the molecule is O=C(O)c1ccc(NC(=O)[C@H]2CCCO2)cc1F. The molecule has 2 rings (SSSR count). The number of halogens is 1. The van der Waals surface area contributed by atoms with Crippen LogP contribution < -0.4 is 5.32 Å². The number of benzene rings is 1. The highest BCUT2D eigenvalue weighted by atomic mass is 19.1. The smallest absolute Gasteiger partial charge is 0.338 e. The van der Waals surface area contributed by atoms with Crippen LogP contribution in [0.3, 0.4) is 0 Å². The zero-order valence-corrected chi connectivity index (χ0v) is 9.48. The first-order valence-corrected chi connectivity index (χ1v) is 5.53. The molecule has 1 aliphatic heterocycles. The van der Waals surface area contributed by atoms with E-state index in [1.165, 1.54) is 6.07 Å². The Morgan fingerprint density at radius 2 is 2.22 bits per heavy atom. The average molecular weight is 253 g/mol. The Labute approximate surface area is 103 Å². The molecule has 1 aromatic carbocycles. The molecule has 1 aliphatic rings. The second-order valence-electron chi connectivity index (χ2n) is 3.99. The number of anilines is 1. The topological polar surface area (TPSA) is 75.6 Å². The minimum atomic E-state index is -1.34. The van der Waals surface area contributed by atoms with E-state index >= 15 is 0 Å². The maximum atomic E-state index is 13.4. The molecular formula is C12H12FNO4. The van der Waals surface area contributed by atoms with E-state index in [0.29, 0.717) is 13.0 Å². The molecule has 1 saturated heterocycles. The fourth-order valence-electron chi connectivity index (χ4n) is 1.77. The fourth-order valence-corrected chi connectivity index (χ4v) is 1.77. The summed E-state index contributed by atoms with van der Waals surface area (Å²) in [4.78, 5) is 22.3. The van der Waals surface area contributed by atoms with Crippen LogP contribution in [0.5, 0.6) is 0 Å². The predicted molar refractivity (Wildman–Crippen MR) is 61.0 cm³/mol. The standard InChI is InChI=1S/C12H12FNO4/c13-9-6-7(3-4-8(9)12(16)17)14-11(15)10-2-1-5-18-10/h3-4,6,10H,1-2,5H2,(H,14,15)(H,16,17)/t10-/m1/s1. The zero-order valence-electron chi connectivity index (χ0n) is 9.48. The summed E-state index contributed by atoms with van der Waals surface area (Å²) in [5.74, 6) is -2.56. The van der Waals surface area contributed by atoms with Crippen LogP contribution in [0.4, 0.5) is 10.1 Å². The maximum absolute atomic E-state index is 13.4. The lowest BCUT2D eigenvalue weighted by Gasteiger charge is -2.10. The number of nitrogens with one attached hydrogen (secondary N) is 1. The third kappa shape index (κ3) is 2.65. The van der Waals surface area contributed by atoms with Gasteiger partial charge >= 0.3 is 5.97 Å². The van der Waals surface area contributed by atoms with Crippen molar-refractivity contribution >= 4 is 17.6 Å². The van der Waals surface area contributed by atoms with Crippen molar-refractivity contribution in [3.8, 4) is 0 Å². The van der Waals surface area contributed by atoms with Gasteiger partial charge in [-0.1, -0.05) is 0 Å². The van der Waals surface area contributed by atoms with Crippen molar-refractivity contribution < 1.29 is 23.8 Å². The fraction of sp³-hybridized carbons (Fsp3) is 0.333. The van der Waals surface area contributed by atoms with Gasteiger partial charge in [0.25, 0.3) is 5.91 Å². The number of rotatable bonds is 3. The summed E-state index contributed by atoms with van der Waals surface area (Å²) in [7, 11) is 0. The van der Waals surface area contributed by atoms with E-state index in [2.05, 4.69) is 5.32 Å². The molecule has 6 heteroatoms. The molecule has 1 amide bonds. The van der Waals surface area contributed by atoms with Gasteiger partial charge in [0.15, 0.2) is 0 Å². The molecule has 0 saturated carbocycles. The lowest BCUT2D eigenvalue weighted by atomic mass is 10.2. The highest BCUT2D eigenvalue weighted by molar-refractivity contribution is 5.95. The van der Waals surface area contributed by atoms with Crippen LogP contribution in [0, 0.1) is 5.82 Å². The van der Waals surface area contributed by atoms with Crippen molar-refractivity contribution in [1.29, 1.82) is 0 Å². The van der Waals surface area contributed by atoms with Crippen LogP contribution in [0.25, 0.3) is 0 Å². The molecule has 1 atom stereocenters. The summed E-state index contributed by atoms with van der Waals surface area (Å²) in [5, 5.41) is 11.2. The molecule has 0 spiro atoms. The van der Waals surface area contributed by atoms with Crippen molar-refractivity contribution in [2.24, 2.45) is 0 Å². The van der Waals surface area contributed by atoms with Gasteiger partial charge in [-0.2, -0.15) is 0 Å². The van der Waals surface area contributed by atoms with E-state index in [4.69, 9.17) is 9.84 Å². The number of ether oxygens (including phenoxy) is 1. The van der Waals surface area contributed by atoms with E-state index in [1.54, 1.807) is 0 Å². The first-order chi connectivity index (χ1) is 8.58. The van der Waals surface area contributed by atoms with Gasteiger partial charge in [0.1, 0.15) is 11.9 Å². The summed E-state index contributed by atoms with van der Waals surface area (Å²) in [6, 6.07) is 3.44. The number of carbonyl (C=O) groups excluding carboxylic acids is 1. The first-order valence-electron chi connectivity index (χ1n) is 5.53. The van der Waals surface area contributed by atoms with Crippen molar-refractivity contribution in [2.75, 3.05) is 11.9 Å². The second kappa shape index (κ2) is 5.14. The van der Waals surface area contributed by atoms with Crippen molar-refractivity contribution in [3.05, 3.63) is 29.6 Å². The van der Waals surface area contributed by atoms with E-state index in [0.717, 1.165) is 18.6 Å². The van der Waals surface area contributed by atoms with Gasteiger partial charge in [-0.3, -0.25) is 4.79 Å². The van der Waals surface area contributed by atoms with Crippen molar-refractivity contribution in [1.82, 2.24) is 0 Å². The van der Waals surface area contributed by atoms with Gasteiger partial charge in [0, 0.05) is 12.3 Å². The van der Waals surface area contributed by atoms with E-state index in [1.807, 2.05) is 0 Å². The number of carboxylic acid groups (broad SMARTS) is 1. The van der Waals surface area contributed by atoms with Crippen molar-refractivity contribution in [2.45, 2.75) is 18.9 Å².